The van der Waals surface area contributed by atoms with Crippen molar-refractivity contribution < 1.29 is 38.3 Å². The predicted molar refractivity (Wildman–Crippen MR) is 178 cm³/mol. The first-order valence-corrected chi connectivity index (χ1v) is 17.8. The van der Waals surface area contributed by atoms with Gasteiger partial charge in [-0.05, 0) is 90.4 Å². The fourth-order valence-electron chi connectivity index (χ4n) is 7.15. The van der Waals surface area contributed by atoms with Gasteiger partial charge in [0.25, 0.3) is 0 Å². The maximum absolute atomic E-state index is 14.2. The second-order valence-corrected chi connectivity index (χ2v) is 14.2. The molecule has 3 N–H and O–H groups in total. The molecule has 0 saturated carbocycles. The van der Waals surface area contributed by atoms with Crippen LogP contribution in [0, 0.1) is 11.6 Å². The van der Waals surface area contributed by atoms with Gasteiger partial charge in [-0.25, -0.2) is 8.78 Å². The predicted octanol–water partition coefficient (Wildman–Crippen LogP) is 5.90. The lowest BCUT2D eigenvalue weighted by Crippen LogP contribution is -2.52. The average molecular weight is 670 g/mol. The lowest BCUT2D eigenvalue weighted by molar-refractivity contribution is -0.200. The van der Waals surface area contributed by atoms with Crippen molar-refractivity contribution in [2.45, 2.75) is 93.6 Å². The summed E-state index contributed by atoms with van der Waals surface area (Å²) in [5, 5.41) is 31.5. The maximum Gasteiger partial charge on any atom is 0.132 e. The number of aliphatic hydroxyl groups excluding tert-OH is 3. The molecule has 0 amide bonds. The summed E-state index contributed by atoms with van der Waals surface area (Å²) in [4.78, 5) is 2.38. The summed E-state index contributed by atoms with van der Waals surface area (Å²) in [6.07, 6.45) is 0.104. The van der Waals surface area contributed by atoms with Gasteiger partial charge in [0.2, 0.25) is 0 Å². The molecule has 6 rings (SSSR count). The maximum atomic E-state index is 14.2. The Morgan fingerprint density at radius 3 is 2.43 bits per heavy atom. The number of likely N-dealkylation sites (tertiary alicyclic amines) is 1. The van der Waals surface area contributed by atoms with Crippen LogP contribution in [0.15, 0.2) is 60.7 Å². The molecule has 1 unspecified atom stereocenters. The van der Waals surface area contributed by atoms with Gasteiger partial charge in [0, 0.05) is 24.7 Å². The Hall–Kier alpha value is -2.57. The van der Waals surface area contributed by atoms with Crippen molar-refractivity contribution in [3.05, 3.63) is 100 Å². The van der Waals surface area contributed by atoms with Crippen LogP contribution in [0.2, 0.25) is 0 Å². The number of halogens is 2. The van der Waals surface area contributed by atoms with Gasteiger partial charge in [0.1, 0.15) is 53.3 Å². The van der Waals surface area contributed by atoms with Gasteiger partial charge in [-0.15, -0.1) is 11.8 Å². The molecule has 10 heteroatoms. The van der Waals surface area contributed by atoms with Crippen molar-refractivity contribution >= 4 is 11.8 Å². The Morgan fingerprint density at radius 2 is 1.72 bits per heavy atom. The molecule has 8 atom stereocenters. The highest BCUT2D eigenvalue weighted by atomic mass is 32.2. The fourth-order valence-corrected chi connectivity index (χ4v) is 7.82. The van der Waals surface area contributed by atoms with Crippen LogP contribution in [0.4, 0.5) is 8.78 Å². The molecular weight excluding hydrogens is 624 g/mol. The minimum Gasteiger partial charge on any atom is -0.489 e. The Balaban J connectivity index is 1.05. The molecule has 3 fully saturated rings. The Bertz CT molecular complexity index is 1500. The third kappa shape index (κ3) is 7.69. The van der Waals surface area contributed by atoms with Gasteiger partial charge in [-0.1, -0.05) is 44.2 Å². The summed E-state index contributed by atoms with van der Waals surface area (Å²) < 4.78 is 46.3. The molecule has 0 radical (unpaired) electrons. The van der Waals surface area contributed by atoms with Crippen LogP contribution in [0.5, 0.6) is 5.75 Å². The molecule has 0 spiro atoms. The van der Waals surface area contributed by atoms with Crippen LogP contribution >= 0.6 is 11.8 Å². The van der Waals surface area contributed by atoms with Gasteiger partial charge >= 0.3 is 0 Å². The quantitative estimate of drug-likeness (QED) is 0.260. The minimum atomic E-state index is -1.29. The molecule has 0 aromatic heterocycles. The van der Waals surface area contributed by atoms with E-state index in [4.69, 9.17) is 14.2 Å². The number of thioether (sulfide) groups is 1. The van der Waals surface area contributed by atoms with Gasteiger partial charge < -0.3 is 29.5 Å². The van der Waals surface area contributed by atoms with Crippen molar-refractivity contribution in [3.63, 3.8) is 0 Å². The zero-order chi connectivity index (χ0) is 33.2. The highest BCUT2D eigenvalue weighted by Gasteiger charge is 2.44. The van der Waals surface area contributed by atoms with Crippen molar-refractivity contribution in [3.8, 4) is 5.75 Å². The Labute approximate surface area is 279 Å². The number of nitrogens with zero attached hydrogens (tertiary/aromatic N) is 1. The SMILES string of the molecule is CS[C@H]1O[C@@H](c2ccc(C(C)C)c(Cc3ccc(O[C@@H]4CCN(C5CC[C@@H](c6cc(F)ccc6F)OC5)C4)cc3)c2)[C@H](O)[C@@H](O)[C@@H]1O. The van der Waals surface area contributed by atoms with Crippen LogP contribution in [0.25, 0.3) is 0 Å². The van der Waals surface area contributed by atoms with Crippen LogP contribution in [0.1, 0.15) is 79.1 Å². The number of hydrogen-bond donors (Lipinski definition) is 3. The molecule has 3 aromatic rings. The third-order valence-electron chi connectivity index (χ3n) is 9.79. The van der Waals surface area contributed by atoms with Crippen LogP contribution in [-0.4, -0.2) is 82.1 Å². The van der Waals surface area contributed by atoms with Crippen molar-refractivity contribution in [2.24, 2.45) is 0 Å². The first kappa shape index (κ1) is 34.3. The highest BCUT2D eigenvalue weighted by Crippen LogP contribution is 2.38. The standard InChI is InChI=1S/C37H45F2NO6S/c1-21(2)29-11-6-23(36-34(42)33(41)35(43)37(46-36)47-3)17-24(29)16-22-4-9-27(10-5-22)45-28-14-15-40(19-28)26-8-13-32(44-20-26)30-18-25(38)7-12-31(30)39/h4-7,9-12,17-18,21,26,28,32-37,41-43H,8,13-16,19-20H2,1-3H3/t26?,28-,32+,33-,34-,35+,36+,37-/m1/s1. The molecule has 47 heavy (non-hydrogen) atoms. The van der Waals surface area contributed by atoms with Gasteiger partial charge in [0.05, 0.1) is 12.7 Å². The smallest absolute Gasteiger partial charge is 0.132 e. The van der Waals surface area contributed by atoms with Gasteiger partial charge in [0.15, 0.2) is 0 Å². The summed E-state index contributed by atoms with van der Waals surface area (Å²) in [5.41, 5.74) is 3.87. The van der Waals surface area contributed by atoms with Crippen molar-refractivity contribution in [1.29, 1.82) is 0 Å². The number of aliphatic hydroxyl groups is 3. The molecular formula is C37H45F2NO6S. The van der Waals surface area contributed by atoms with E-state index in [2.05, 4.69) is 36.9 Å². The van der Waals surface area contributed by atoms with E-state index in [1.807, 2.05) is 24.3 Å². The number of rotatable bonds is 9. The number of hydrogen-bond acceptors (Lipinski definition) is 8. The van der Waals surface area contributed by atoms with E-state index in [-0.39, 0.29) is 12.1 Å². The molecule has 0 aliphatic carbocycles. The van der Waals surface area contributed by atoms with Gasteiger partial charge in [-0.3, -0.25) is 4.90 Å². The lowest BCUT2D eigenvalue weighted by atomic mass is 9.88. The number of ether oxygens (including phenoxy) is 3. The van der Waals surface area contributed by atoms with Crippen molar-refractivity contribution in [2.75, 3.05) is 26.0 Å². The largest absolute Gasteiger partial charge is 0.489 e. The second-order valence-electron chi connectivity index (χ2n) is 13.3. The Kier molecular flexibility index (Phi) is 10.9. The summed E-state index contributed by atoms with van der Waals surface area (Å²) >= 11 is 1.31. The molecule has 254 valence electrons. The van der Waals surface area contributed by atoms with Crippen molar-refractivity contribution in [1.82, 2.24) is 4.90 Å². The summed E-state index contributed by atoms with van der Waals surface area (Å²) in [7, 11) is 0. The lowest BCUT2D eigenvalue weighted by Gasteiger charge is -2.40. The summed E-state index contributed by atoms with van der Waals surface area (Å²) in [6, 6.07) is 18.0. The topological polar surface area (TPSA) is 91.6 Å². The Morgan fingerprint density at radius 1 is 0.936 bits per heavy atom. The van der Waals surface area contributed by atoms with Crippen LogP contribution in [-0.2, 0) is 15.9 Å². The molecule has 7 nitrogen and oxygen atoms in total. The number of benzene rings is 3. The molecule has 3 heterocycles. The van der Waals surface area contributed by atoms with E-state index in [0.29, 0.717) is 30.9 Å². The van der Waals surface area contributed by atoms with E-state index in [1.165, 1.54) is 23.4 Å². The first-order chi connectivity index (χ1) is 22.6. The fraction of sp³-hybridized carbons (Fsp3) is 0.514. The zero-order valence-electron chi connectivity index (χ0n) is 27.1. The highest BCUT2D eigenvalue weighted by molar-refractivity contribution is 7.99. The zero-order valence-corrected chi connectivity index (χ0v) is 27.9. The minimum absolute atomic E-state index is 0.0596. The van der Waals surface area contributed by atoms with E-state index in [1.54, 1.807) is 6.26 Å². The molecule has 0 bridgehead atoms. The molecule has 3 aliphatic heterocycles. The molecule has 3 aromatic carbocycles. The molecule has 3 aliphatic rings. The van der Waals surface area contributed by atoms with Gasteiger partial charge in [-0.2, -0.15) is 0 Å². The summed E-state index contributed by atoms with van der Waals surface area (Å²) in [5.74, 6) is 0.227. The monoisotopic (exact) mass is 669 g/mol. The van der Waals surface area contributed by atoms with E-state index < -0.39 is 47.6 Å². The first-order valence-electron chi connectivity index (χ1n) is 16.5. The normalized spacial score (nSPS) is 30.1. The average Bonchev–Trinajstić information content (AvgIpc) is 3.54. The van der Waals surface area contributed by atoms with E-state index in [0.717, 1.165) is 60.5 Å². The second kappa shape index (κ2) is 14.9. The van der Waals surface area contributed by atoms with Crippen LogP contribution in [0.3, 0.4) is 0 Å². The third-order valence-corrected chi connectivity index (χ3v) is 10.6. The van der Waals surface area contributed by atoms with Crippen LogP contribution < -0.4 is 4.74 Å². The van der Waals surface area contributed by atoms with E-state index >= 15 is 0 Å². The van der Waals surface area contributed by atoms with E-state index in [9.17, 15) is 24.1 Å². The molecule has 3 saturated heterocycles. The summed E-state index contributed by atoms with van der Waals surface area (Å²) in [6.45, 7) is 6.47.